The van der Waals surface area contributed by atoms with Gasteiger partial charge in [-0.15, -0.1) is 0 Å². The highest BCUT2D eigenvalue weighted by Gasteiger charge is 2.28. The number of pyridine rings is 1. The molecule has 1 aliphatic carbocycles. The zero-order valence-electron chi connectivity index (χ0n) is 19.5. The number of nitrogens with zero attached hydrogens (tertiary/aromatic N) is 5. The molecule has 34 heavy (non-hydrogen) atoms. The molecule has 4 aromatic rings. The number of nitrogens with two attached hydrogens (primary N) is 1. The van der Waals surface area contributed by atoms with Crippen LogP contribution in [0.3, 0.4) is 0 Å². The standard InChI is InChI=1S/C26H27FN6O/c1-14-11-32-13-22-15(2)31-33(12-17-4-5-17)24(22)18-8-23(25(28)29-10-18)34-16(3)21-9-19(27)6-7-20(21)26(32)30-14/h6-11,16-17H,4-5,12-13H2,1-3H3,(H2,28,29)/t16-/m1/s1. The number of hydrogen-bond acceptors (Lipinski definition) is 5. The molecule has 0 saturated heterocycles. The summed E-state index contributed by atoms with van der Waals surface area (Å²) in [5, 5.41) is 4.92. The summed E-state index contributed by atoms with van der Waals surface area (Å²) in [6, 6.07) is 6.68. The van der Waals surface area contributed by atoms with E-state index in [1.54, 1.807) is 12.3 Å². The molecular weight excluding hydrogens is 431 g/mol. The van der Waals surface area contributed by atoms with Crippen molar-refractivity contribution in [2.75, 3.05) is 5.73 Å². The van der Waals surface area contributed by atoms with E-state index in [-0.39, 0.29) is 5.82 Å². The Bertz CT molecular complexity index is 1420. The molecule has 2 aliphatic rings. The summed E-state index contributed by atoms with van der Waals surface area (Å²) in [7, 11) is 0. The molecule has 1 atom stereocenters. The highest BCUT2D eigenvalue weighted by Crippen LogP contribution is 2.39. The first-order valence-electron chi connectivity index (χ1n) is 11.7. The molecule has 3 aromatic heterocycles. The first-order valence-corrected chi connectivity index (χ1v) is 11.7. The number of rotatable bonds is 2. The molecule has 0 radical (unpaired) electrons. The summed E-state index contributed by atoms with van der Waals surface area (Å²) in [4.78, 5) is 9.27. The molecule has 2 bridgehead atoms. The van der Waals surface area contributed by atoms with Crippen molar-refractivity contribution in [2.45, 2.75) is 52.8 Å². The maximum Gasteiger partial charge on any atom is 0.166 e. The second kappa shape index (κ2) is 7.68. The van der Waals surface area contributed by atoms with Gasteiger partial charge in [0, 0.05) is 41.2 Å². The Morgan fingerprint density at radius 1 is 1.21 bits per heavy atom. The first kappa shape index (κ1) is 20.9. The van der Waals surface area contributed by atoms with Crippen LogP contribution in [0, 0.1) is 25.6 Å². The summed E-state index contributed by atoms with van der Waals surface area (Å²) in [5.74, 6) is 1.89. The van der Waals surface area contributed by atoms with Gasteiger partial charge < -0.3 is 15.0 Å². The van der Waals surface area contributed by atoms with Crippen molar-refractivity contribution in [2.24, 2.45) is 5.92 Å². The SMILES string of the molecule is Cc1cn2c(n1)-c1ccc(F)cc1[C@@H](C)Oc1cc(cnc1N)-c1c(c(C)nn1CC1CC1)C2. The van der Waals surface area contributed by atoms with E-state index in [1.165, 1.54) is 25.0 Å². The molecule has 4 heterocycles. The lowest BCUT2D eigenvalue weighted by Crippen LogP contribution is -2.12. The zero-order chi connectivity index (χ0) is 23.6. The monoisotopic (exact) mass is 458 g/mol. The van der Waals surface area contributed by atoms with Gasteiger partial charge in [-0.3, -0.25) is 4.68 Å². The van der Waals surface area contributed by atoms with E-state index >= 15 is 0 Å². The van der Waals surface area contributed by atoms with Crippen LogP contribution in [0.5, 0.6) is 5.75 Å². The Hall–Kier alpha value is -3.68. The van der Waals surface area contributed by atoms with E-state index < -0.39 is 6.10 Å². The van der Waals surface area contributed by atoms with Gasteiger partial charge in [-0.2, -0.15) is 5.10 Å². The van der Waals surface area contributed by atoms with Crippen LogP contribution in [-0.2, 0) is 13.1 Å². The van der Waals surface area contributed by atoms with Gasteiger partial charge >= 0.3 is 0 Å². The number of fused-ring (bicyclic) bond motifs is 7. The Balaban J connectivity index is 1.62. The molecule has 174 valence electrons. The minimum Gasteiger partial charge on any atom is -0.482 e. The van der Waals surface area contributed by atoms with Crippen LogP contribution in [0.4, 0.5) is 10.2 Å². The molecular formula is C26H27FN6O. The molecule has 0 spiro atoms. The van der Waals surface area contributed by atoms with Crippen LogP contribution < -0.4 is 10.5 Å². The molecule has 7 nitrogen and oxygen atoms in total. The fourth-order valence-electron chi connectivity index (χ4n) is 4.87. The average molecular weight is 459 g/mol. The third-order valence-corrected chi connectivity index (χ3v) is 6.76. The van der Waals surface area contributed by atoms with Crippen LogP contribution >= 0.6 is 0 Å². The number of aromatic nitrogens is 5. The maximum absolute atomic E-state index is 14.3. The molecule has 0 unspecified atom stereocenters. The van der Waals surface area contributed by atoms with Crippen molar-refractivity contribution in [1.82, 2.24) is 24.3 Å². The lowest BCUT2D eigenvalue weighted by atomic mass is 10.0. The van der Waals surface area contributed by atoms with Gasteiger partial charge in [0.1, 0.15) is 17.7 Å². The van der Waals surface area contributed by atoms with Crippen molar-refractivity contribution in [3.63, 3.8) is 0 Å². The van der Waals surface area contributed by atoms with Crippen LogP contribution in [0.25, 0.3) is 22.6 Å². The number of anilines is 1. The summed E-state index contributed by atoms with van der Waals surface area (Å²) >= 11 is 0. The fourth-order valence-corrected chi connectivity index (χ4v) is 4.87. The normalized spacial score (nSPS) is 17.1. The Morgan fingerprint density at radius 2 is 2.03 bits per heavy atom. The Morgan fingerprint density at radius 3 is 2.82 bits per heavy atom. The second-order valence-electron chi connectivity index (χ2n) is 9.47. The summed E-state index contributed by atoms with van der Waals surface area (Å²) < 4.78 is 24.9. The van der Waals surface area contributed by atoms with Gasteiger partial charge in [0.25, 0.3) is 0 Å². The maximum atomic E-state index is 14.3. The lowest BCUT2D eigenvalue weighted by molar-refractivity contribution is 0.227. The van der Waals surface area contributed by atoms with Crippen molar-refractivity contribution < 1.29 is 9.13 Å². The van der Waals surface area contributed by atoms with Crippen molar-refractivity contribution in [1.29, 1.82) is 0 Å². The van der Waals surface area contributed by atoms with E-state index in [2.05, 4.69) is 14.2 Å². The topological polar surface area (TPSA) is 83.8 Å². The van der Waals surface area contributed by atoms with Crippen LogP contribution in [0.2, 0.25) is 0 Å². The Labute approximate surface area is 197 Å². The van der Waals surface area contributed by atoms with Gasteiger partial charge in [-0.1, -0.05) is 0 Å². The third kappa shape index (κ3) is 3.54. The van der Waals surface area contributed by atoms with Gasteiger partial charge in [0.15, 0.2) is 11.6 Å². The second-order valence-corrected chi connectivity index (χ2v) is 9.47. The number of imidazole rings is 1. The molecule has 2 N–H and O–H groups in total. The largest absolute Gasteiger partial charge is 0.482 e. The zero-order valence-corrected chi connectivity index (χ0v) is 19.5. The first-order chi connectivity index (χ1) is 16.4. The number of hydrogen-bond donors (Lipinski definition) is 1. The predicted molar refractivity (Wildman–Crippen MR) is 128 cm³/mol. The predicted octanol–water partition coefficient (Wildman–Crippen LogP) is 5.06. The highest BCUT2D eigenvalue weighted by atomic mass is 19.1. The smallest absolute Gasteiger partial charge is 0.166 e. The van der Waals surface area contributed by atoms with Crippen LogP contribution in [0.1, 0.15) is 48.4 Å². The van der Waals surface area contributed by atoms with E-state index in [9.17, 15) is 4.39 Å². The Kier molecular flexibility index (Phi) is 4.72. The van der Waals surface area contributed by atoms with Crippen molar-refractivity contribution in [3.05, 3.63) is 65.0 Å². The van der Waals surface area contributed by atoms with Gasteiger partial charge in [0.05, 0.1) is 23.6 Å². The lowest BCUT2D eigenvalue weighted by Gasteiger charge is -2.21. The number of benzene rings is 1. The van der Waals surface area contributed by atoms with E-state index in [0.717, 1.165) is 46.1 Å². The van der Waals surface area contributed by atoms with E-state index in [0.29, 0.717) is 29.6 Å². The summed E-state index contributed by atoms with van der Waals surface area (Å²) in [6.45, 7) is 7.38. The van der Waals surface area contributed by atoms with E-state index in [4.69, 9.17) is 20.6 Å². The minimum absolute atomic E-state index is 0.300. The van der Waals surface area contributed by atoms with Crippen LogP contribution in [-0.4, -0.2) is 24.3 Å². The third-order valence-electron chi connectivity index (χ3n) is 6.76. The molecule has 1 aliphatic heterocycles. The molecule has 8 heteroatoms. The quantitative estimate of drug-likeness (QED) is 0.454. The summed E-state index contributed by atoms with van der Waals surface area (Å²) in [6.07, 6.45) is 5.83. The molecule has 0 amide bonds. The van der Waals surface area contributed by atoms with Gasteiger partial charge in [-0.05, 0) is 63.8 Å². The average Bonchev–Trinajstić information content (AvgIpc) is 3.46. The van der Waals surface area contributed by atoms with Crippen molar-refractivity contribution in [3.8, 4) is 28.4 Å². The number of nitrogen functional groups attached to an aromatic ring is 1. The molecule has 1 aromatic carbocycles. The highest BCUT2D eigenvalue weighted by molar-refractivity contribution is 5.69. The molecule has 1 saturated carbocycles. The minimum atomic E-state index is -0.465. The van der Waals surface area contributed by atoms with Crippen LogP contribution in [0.15, 0.2) is 36.7 Å². The summed E-state index contributed by atoms with van der Waals surface area (Å²) in [5.41, 5.74) is 12.7. The molecule has 1 fully saturated rings. The van der Waals surface area contributed by atoms with Crippen molar-refractivity contribution >= 4 is 5.82 Å². The fraction of sp³-hybridized carbons (Fsp3) is 0.346. The number of halogens is 1. The van der Waals surface area contributed by atoms with Gasteiger partial charge in [-0.25, -0.2) is 14.4 Å². The molecule has 6 rings (SSSR count). The number of ether oxygens (including phenoxy) is 1. The van der Waals surface area contributed by atoms with Gasteiger partial charge in [0.2, 0.25) is 0 Å². The number of aryl methyl sites for hydroxylation is 2. The van der Waals surface area contributed by atoms with E-state index in [1.807, 2.05) is 33.0 Å².